The lowest BCUT2D eigenvalue weighted by atomic mass is 9.93. The molecule has 1 heterocycles. The molecule has 0 spiro atoms. The largest absolute Gasteiger partial charge is 0.324 e. The van der Waals surface area contributed by atoms with Crippen molar-refractivity contribution in [1.29, 1.82) is 0 Å². The van der Waals surface area contributed by atoms with Gasteiger partial charge in [-0.1, -0.05) is 26.5 Å². The van der Waals surface area contributed by atoms with Crippen LogP contribution in [-0.2, 0) is 4.79 Å². The number of hydrogen-bond donors (Lipinski definition) is 1. The number of carbonyl (C=O) groups is 2. The van der Waals surface area contributed by atoms with Crippen molar-refractivity contribution in [2.45, 2.75) is 39.2 Å². The number of hydrogen-bond acceptors (Lipinski definition) is 2. The third kappa shape index (κ3) is 2.50. The Kier molecular flexibility index (Phi) is 3.98. The summed E-state index contributed by atoms with van der Waals surface area (Å²) < 4.78 is 0. The first-order valence-electron chi connectivity index (χ1n) is 5.07. The van der Waals surface area contributed by atoms with Crippen molar-refractivity contribution < 1.29 is 9.59 Å². The van der Waals surface area contributed by atoms with Crippen molar-refractivity contribution in [1.82, 2.24) is 4.90 Å². The van der Waals surface area contributed by atoms with Gasteiger partial charge in [-0.2, -0.15) is 0 Å². The zero-order valence-electron chi connectivity index (χ0n) is 8.69. The summed E-state index contributed by atoms with van der Waals surface area (Å²) in [6, 6.07) is -0.228. The Morgan fingerprint density at radius 2 is 2.00 bits per heavy atom. The van der Waals surface area contributed by atoms with Gasteiger partial charge in [-0.25, -0.2) is 0 Å². The summed E-state index contributed by atoms with van der Waals surface area (Å²) in [7, 11) is 0. The average Bonchev–Trinajstić information content (AvgIpc) is 2.16. The summed E-state index contributed by atoms with van der Waals surface area (Å²) in [5.41, 5.74) is 0. The van der Waals surface area contributed by atoms with E-state index >= 15 is 0 Å². The van der Waals surface area contributed by atoms with Crippen molar-refractivity contribution in [2.24, 2.45) is 5.92 Å². The first kappa shape index (κ1) is 11.6. The second-order valence-corrected chi connectivity index (χ2v) is 4.43. The van der Waals surface area contributed by atoms with Crippen molar-refractivity contribution in [2.75, 3.05) is 6.54 Å². The number of ketones is 1. The normalized spacial score (nSPS) is 22.6. The van der Waals surface area contributed by atoms with Crippen molar-refractivity contribution >= 4 is 23.7 Å². The van der Waals surface area contributed by atoms with E-state index in [2.05, 4.69) is 12.6 Å². The Hall–Kier alpha value is -0.510. The highest BCUT2D eigenvalue weighted by molar-refractivity contribution is 7.96. The van der Waals surface area contributed by atoms with Crippen molar-refractivity contribution in [3.63, 3.8) is 0 Å². The number of nitrogens with zero attached hydrogens (tertiary/aromatic N) is 1. The minimum Gasteiger partial charge on any atom is -0.324 e. The highest BCUT2D eigenvalue weighted by atomic mass is 32.1. The Morgan fingerprint density at radius 3 is 2.50 bits per heavy atom. The van der Waals surface area contributed by atoms with Gasteiger partial charge in [0.05, 0.1) is 6.04 Å². The molecule has 0 aliphatic carbocycles. The molecule has 0 bridgehead atoms. The molecule has 0 N–H and O–H groups in total. The fourth-order valence-electron chi connectivity index (χ4n) is 1.84. The molecule has 1 unspecified atom stereocenters. The van der Waals surface area contributed by atoms with E-state index < -0.39 is 0 Å². The molecule has 1 aliphatic heterocycles. The fourth-order valence-corrected chi connectivity index (χ4v) is 2.08. The van der Waals surface area contributed by atoms with Gasteiger partial charge in [-0.05, 0) is 19.3 Å². The number of carbonyl (C=O) groups excluding carboxylic acids is 2. The van der Waals surface area contributed by atoms with E-state index in [1.54, 1.807) is 4.90 Å². The predicted octanol–water partition coefficient (Wildman–Crippen LogP) is 2.12. The topological polar surface area (TPSA) is 37.4 Å². The van der Waals surface area contributed by atoms with Gasteiger partial charge in [-0.3, -0.25) is 9.59 Å². The van der Waals surface area contributed by atoms with Crippen LogP contribution in [-0.4, -0.2) is 28.5 Å². The number of likely N-dealkylation sites (tertiary alicyclic amines) is 1. The van der Waals surface area contributed by atoms with E-state index in [4.69, 9.17) is 0 Å². The third-order valence-electron chi connectivity index (χ3n) is 2.65. The Labute approximate surface area is 90.3 Å². The lowest BCUT2D eigenvalue weighted by molar-refractivity contribution is -0.127. The summed E-state index contributed by atoms with van der Waals surface area (Å²) >= 11 is 3.80. The lowest BCUT2D eigenvalue weighted by Crippen LogP contribution is -2.47. The van der Waals surface area contributed by atoms with E-state index in [0.717, 1.165) is 19.3 Å². The van der Waals surface area contributed by atoms with Gasteiger partial charge in [0.15, 0.2) is 5.78 Å². The average molecular weight is 215 g/mol. The maximum Gasteiger partial charge on any atom is 0.279 e. The first-order valence-corrected chi connectivity index (χ1v) is 5.52. The molecule has 1 fully saturated rings. The smallest absolute Gasteiger partial charge is 0.279 e. The molecule has 1 aliphatic rings. The first-order chi connectivity index (χ1) is 6.54. The molecule has 80 valence electrons. The van der Waals surface area contributed by atoms with E-state index in [1.165, 1.54) is 0 Å². The summed E-state index contributed by atoms with van der Waals surface area (Å²) in [6.07, 6.45) is 2.80. The minimum absolute atomic E-state index is 0.00622. The van der Waals surface area contributed by atoms with Gasteiger partial charge in [0.2, 0.25) is 0 Å². The summed E-state index contributed by atoms with van der Waals surface area (Å²) in [4.78, 5) is 24.6. The highest BCUT2D eigenvalue weighted by Crippen LogP contribution is 2.21. The third-order valence-corrected chi connectivity index (χ3v) is 2.90. The van der Waals surface area contributed by atoms with Crippen LogP contribution in [0.5, 0.6) is 0 Å². The Bertz CT molecular complexity index is 240. The monoisotopic (exact) mass is 215 g/mol. The predicted molar refractivity (Wildman–Crippen MR) is 58.6 cm³/mol. The van der Waals surface area contributed by atoms with Crippen LogP contribution < -0.4 is 0 Å². The van der Waals surface area contributed by atoms with E-state index in [-0.39, 0.29) is 23.0 Å². The number of piperidine rings is 1. The maximum atomic E-state index is 11.8. The molecule has 14 heavy (non-hydrogen) atoms. The SMILES string of the molecule is CC(C)C(=O)C1CCCCN1C(=O)S. The molecule has 0 aromatic rings. The van der Waals surface area contributed by atoms with Crippen LogP contribution in [0.15, 0.2) is 0 Å². The number of rotatable bonds is 2. The molecule has 1 amide bonds. The van der Waals surface area contributed by atoms with E-state index in [0.29, 0.717) is 6.54 Å². The second kappa shape index (κ2) is 4.82. The molecule has 1 saturated heterocycles. The van der Waals surface area contributed by atoms with Gasteiger partial charge >= 0.3 is 0 Å². The van der Waals surface area contributed by atoms with Crippen LogP contribution in [0.3, 0.4) is 0 Å². The van der Waals surface area contributed by atoms with Crippen LogP contribution >= 0.6 is 12.6 Å². The Morgan fingerprint density at radius 1 is 1.36 bits per heavy atom. The van der Waals surface area contributed by atoms with E-state index in [1.807, 2.05) is 13.8 Å². The van der Waals surface area contributed by atoms with Gasteiger partial charge in [0.25, 0.3) is 5.24 Å². The molecular weight excluding hydrogens is 198 g/mol. The van der Waals surface area contributed by atoms with Crippen LogP contribution in [0.1, 0.15) is 33.1 Å². The molecule has 0 aromatic carbocycles. The molecule has 0 saturated carbocycles. The van der Waals surface area contributed by atoms with E-state index in [9.17, 15) is 9.59 Å². The quantitative estimate of drug-likeness (QED) is 0.716. The Balaban J connectivity index is 2.72. The van der Waals surface area contributed by atoms with Crippen molar-refractivity contribution in [3.8, 4) is 0 Å². The molecule has 1 rings (SSSR count). The van der Waals surface area contributed by atoms with Gasteiger partial charge in [0.1, 0.15) is 0 Å². The van der Waals surface area contributed by atoms with Gasteiger partial charge in [-0.15, -0.1) is 0 Å². The zero-order valence-corrected chi connectivity index (χ0v) is 9.59. The molecular formula is C10H17NO2S. The number of Topliss-reactive ketones (excluding diaryl/α,β-unsaturated/α-hetero) is 1. The van der Waals surface area contributed by atoms with Crippen LogP contribution in [0, 0.1) is 5.92 Å². The zero-order chi connectivity index (χ0) is 10.7. The van der Waals surface area contributed by atoms with Gasteiger partial charge in [0, 0.05) is 12.5 Å². The summed E-state index contributed by atoms with van der Waals surface area (Å²) in [5, 5.41) is -0.274. The lowest BCUT2D eigenvalue weighted by Gasteiger charge is -2.34. The number of thiol groups is 1. The fraction of sp³-hybridized carbons (Fsp3) is 0.800. The molecule has 0 radical (unpaired) electrons. The van der Waals surface area contributed by atoms with Crippen LogP contribution in [0.4, 0.5) is 4.79 Å². The van der Waals surface area contributed by atoms with Crippen molar-refractivity contribution in [3.05, 3.63) is 0 Å². The maximum absolute atomic E-state index is 11.8. The highest BCUT2D eigenvalue weighted by Gasteiger charge is 2.31. The number of amides is 1. The van der Waals surface area contributed by atoms with Crippen LogP contribution in [0.25, 0.3) is 0 Å². The molecule has 4 heteroatoms. The molecule has 0 aromatic heterocycles. The second-order valence-electron chi connectivity index (χ2n) is 4.04. The van der Waals surface area contributed by atoms with Gasteiger partial charge < -0.3 is 4.90 Å². The molecule has 3 nitrogen and oxygen atoms in total. The summed E-state index contributed by atoms with van der Waals surface area (Å²) in [5.74, 6) is 0.153. The standard InChI is InChI=1S/C10H17NO2S/c1-7(2)9(12)8-5-3-4-6-11(8)10(13)14/h7-8H,3-6H2,1-2H3,(H,13,14). The molecule has 1 atom stereocenters. The van der Waals surface area contributed by atoms with Crippen LogP contribution in [0.2, 0.25) is 0 Å². The summed E-state index contributed by atoms with van der Waals surface area (Å²) in [6.45, 7) is 4.42. The minimum atomic E-state index is -0.274.